The summed E-state index contributed by atoms with van der Waals surface area (Å²) < 4.78 is 5.63. The average Bonchev–Trinajstić information content (AvgIpc) is 2.88. The molecule has 0 radical (unpaired) electrons. The van der Waals surface area contributed by atoms with Crippen molar-refractivity contribution >= 4 is 46.7 Å². The highest BCUT2D eigenvalue weighted by atomic mass is 35.5. The van der Waals surface area contributed by atoms with E-state index in [0.29, 0.717) is 33.5 Å². The van der Waals surface area contributed by atoms with Crippen LogP contribution in [0.5, 0.6) is 0 Å². The molecule has 1 aromatic heterocycles. The summed E-state index contributed by atoms with van der Waals surface area (Å²) in [6, 6.07) is 14.1. The van der Waals surface area contributed by atoms with Crippen molar-refractivity contribution in [2.45, 2.75) is 52.2 Å². The number of hydrogen-bond acceptors (Lipinski definition) is 7. The third kappa shape index (κ3) is 7.32. The van der Waals surface area contributed by atoms with E-state index >= 15 is 0 Å². The molecule has 11 heteroatoms. The first-order valence-electron chi connectivity index (χ1n) is 13.3. The second-order valence-corrected chi connectivity index (χ2v) is 11.7. The maximum atomic E-state index is 13.8. The van der Waals surface area contributed by atoms with Gasteiger partial charge in [0.2, 0.25) is 11.8 Å². The summed E-state index contributed by atoms with van der Waals surface area (Å²) in [5.74, 6) is -0.727. The molecule has 3 aromatic rings. The lowest BCUT2D eigenvalue weighted by atomic mass is 9.96. The van der Waals surface area contributed by atoms with E-state index in [9.17, 15) is 14.4 Å². The number of carbonyl (C=O) groups is 3. The van der Waals surface area contributed by atoms with Crippen LogP contribution in [0.2, 0.25) is 5.02 Å². The molecular weight excluding hydrogens is 544 g/mol. The van der Waals surface area contributed by atoms with E-state index in [1.807, 2.05) is 32.0 Å². The summed E-state index contributed by atoms with van der Waals surface area (Å²) in [7, 11) is 1.80. The monoisotopic (exact) mass is 578 g/mol. The number of aromatic nitrogens is 2. The molecule has 3 amide bonds. The van der Waals surface area contributed by atoms with Gasteiger partial charge >= 0.3 is 6.09 Å². The largest absolute Gasteiger partial charge is 0.444 e. The number of rotatable bonds is 7. The topological polar surface area (TPSA) is 117 Å². The van der Waals surface area contributed by atoms with Gasteiger partial charge in [-0.15, -0.1) is 0 Å². The third-order valence-electron chi connectivity index (χ3n) is 6.47. The van der Waals surface area contributed by atoms with E-state index in [4.69, 9.17) is 16.3 Å². The number of anilines is 3. The van der Waals surface area contributed by atoms with Gasteiger partial charge in [0.25, 0.3) is 0 Å². The van der Waals surface area contributed by atoms with Crippen molar-refractivity contribution in [1.29, 1.82) is 0 Å². The molecule has 0 unspecified atom stereocenters. The number of amides is 3. The van der Waals surface area contributed by atoms with Gasteiger partial charge in [-0.3, -0.25) is 9.59 Å². The van der Waals surface area contributed by atoms with Gasteiger partial charge in [-0.25, -0.2) is 14.8 Å². The quantitative estimate of drug-likeness (QED) is 0.377. The molecule has 10 nitrogen and oxygen atoms in total. The number of likely N-dealkylation sites (N-methyl/N-ethyl adjacent to an activating group) is 1. The van der Waals surface area contributed by atoms with Gasteiger partial charge in [0.05, 0.1) is 18.2 Å². The maximum Gasteiger partial charge on any atom is 0.410 e. The van der Waals surface area contributed by atoms with Crippen LogP contribution in [0, 0.1) is 0 Å². The summed E-state index contributed by atoms with van der Waals surface area (Å²) in [5.41, 5.74) is 2.64. The minimum Gasteiger partial charge on any atom is -0.444 e. The Kier molecular flexibility index (Phi) is 8.82. The summed E-state index contributed by atoms with van der Waals surface area (Å²) in [6.07, 6.45) is 0.901. The molecule has 2 heterocycles. The molecule has 0 aliphatic carbocycles. The van der Waals surface area contributed by atoms with Crippen LogP contribution in [0.1, 0.15) is 46.1 Å². The van der Waals surface area contributed by atoms with Crippen molar-refractivity contribution in [3.8, 4) is 11.3 Å². The Morgan fingerprint density at radius 3 is 2.51 bits per heavy atom. The molecule has 2 N–H and O–H groups in total. The average molecular weight is 579 g/mol. The van der Waals surface area contributed by atoms with Crippen LogP contribution in [0.4, 0.5) is 22.0 Å². The molecule has 0 spiro atoms. The molecule has 216 valence electrons. The van der Waals surface area contributed by atoms with Crippen LogP contribution < -0.4 is 15.5 Å². The Labute approximate surface area is 245 Å². The molecule has 4 rings (SSSR count). The highest BCUT2D eigenvalue weighted by molar-refractivity contribution is 6.30. The maximum absolute atomic E-state index is 13.8. The summed E-state index contributed by atoms with van der Waals surface area (Å²) >= 11 is 6.13. The van der Waals surface area contributed by atoms with E-state index in [1.54, 1.807) is 68.0 Å². The number of nitrogens with zero attached hydrogens (tertiary/aromatic N) is 4. The van der Waals surface area contributed by atoms with Crippen molar-refractivity contribution in [3.63, 3.8) is 0 Å². The number of carbonyl (C=O) groups excluding carboxylic acids is 3. The van der Waals surface area contributed by atoms with E-state index < -0.39 is 17.6 Å². The number of hydrogen-bond donors (Lipinski definition) is 2. The zero-order valence-corrected chi connectivity index (χ0v) is 24.8. The van der Waals surface area contributed by atoms with Gasteiger partial charge in [0.15, 0.2) is 5.82 Å². The fraction of sp³-hybridized carbons (Fsp3) is 0.367. The summed E-state index contributed by atoms with van der Waals surface area (Å²) in [6.45, 7) is 9.46. The molecular formula is C30H35ClN6O4. The van der Waals surface area contributed by atoms with E-state index in [0.717, 1.165) is 5.56 Å². The molecule has 0 fully saturated rings. The lowest BCUT2D eigenvalue weighted by Crippen LogP contribution is -2.44. The minimum atomic E-state index is -0.709. The highest BCUT2D eigenvalue weighted by Gasteiger charge is 2.31. The van der Waals surface area contributed by atoms with Crippen LogP contribution >= 0.6 is 11.6 Å². The minimum absolute atomic E-state index is 0.101. The van der Waals surface area contributed by atoms with Gasteiger partial charge in [0, 0.05) is 35.9 Å². The number of ether oxygens (including phenoxy) is 1. The SMILES string of the molecule is CC(C)N(C[C@@H](C(=O)Nc1cccc(-c2ncnc3c2N(C)CC(=O)N3)c1)c1ccc(Cl)cc1)C(=O)OC(C)(C)C. The molecule has 0 saturated heterocycles. The van der Waals surface area contributed by atoms with Crippen LogP contribution in [-0.2, 0) is 14.3 Å². The Morgan fingerprint density at radius 2 is 1.85 bits per heavy atom. The first-order valence-corrected chi connectivity index (χ1v) is 13.7. The Morgan fingerprint density at radius 1 is 1.15 bits per heavy atom. The van der Waals surface area contributed by atoms with Crippen molar-refractivity contribution in [1.82, 2.24) is 14.9 Å². The van der Waals surface area contributed by atoms with Crippen molar-refractivity contribution in [2.24, 2.45) is 0 Å². The van der Waals surface area contributed by atoms with E-state index in [-0.39, 0.29) is 30.9 Å². The number of fused-ring (bicyclic) bond motifs is 1. The third-order valence-corrected chi connectivity index (χ3v) is 6.72. The molecule has 41 heavy (non-hydrogen) atoms. The molecule has 0 bridgehead atoms. The lowest BCUT2D eigenvalue weighted by Gasteiger charge is -2.32. The highest BCUT2D eigenvalue weighted by Crippen LogP contribution is 2.36. The van der Waals surface area contributed by atoms with E-state index in [1.165, 1.54) is 6.33 Å². The van der Waals surface area contributed by atoms with Gasteiger partial charge in [0.1, 0.15) is 17.6 Å². The van der Waals surface area contributed by atoms with Crippen LogP contribution in [0.25, 0.3) is 11.3 Å². The van der Waals surface area contributed by atoms with Crippen molar-refractivity contribution in [3.05, 3.63) is 65.4 Å². The second kappa shape index (κ2) is 12.1. The van der Waals surface area contributed by atoms with Gasteiger partial charge in [-0.1, -0.05) is 35.9 Å². The van der Waals surface area contributed by atoms with Gasteiger partial charge in [-0.05, 0) is 64.4 Å². The first kappa shape index (κ1) is 29.8. The number of halogens is 1. The zero-order chi connectivity index (χ0) is 29.9. The zero-order valence-electron chi connectivity index (χ0n) is 24.1. The van der Waals surface area contributed by atoms with Crippen LogP contribution in [0.3, 0.4) is 0 Å². The summed E-state index contributed by atoms with van der Waals surface area (Å²) in [5, 5.41) is 6.34. The van der Waals surface area contributed by atoms with Crippen molar-refractivity contribution in [2.75, 3.05) is 35.7 Å². The van der Waals surface area contributed by atoms with Crippen LogP contribution in [-0.4, -0.2) is 64.6 Å². The number of benzene rings is 2. The fourth-order valence-corrected chi connectivity index (χ4v) is 4.66. The van der Waals surface area contributed by atoms with Crippen LogP contribution in [0.15, 0.2) is 54.9 Å². The van der Waals surface area contributed by atoms with Crippen molar-refractivity contribution < 1.29 is 19.1 Å². The Bertz CT molecular complexity index is 1440. The Balaban J connectivity index is 1.64. The predicted octanol–water partition coefficient (Wildman–Crippen LogP) is 5.55. The second-order valence-electron chi connectivity index (χ2n) is 11.2. The molecule has 1 atom stereocenters. The lowest BCUT2D eigenvalue weighted by molar-refractivity contribution is -0.118. The normalized spacial score (nSPS) is 13.8. The smallest absolute Gasteiger partial charge is 0.410 e. The first-order chi connectivity index (χ1) is 19.3. The standard InChI is InChI=1S/C30H35ClN6O4/c1-18(2)37(29(40)41-30(3,4)5)15-23(19-10-12-21(31)13-11-19)28(39)34-22-9-7-8-20(14-22)25-26-27(33-17-32-25)35-24(38)16-36(26)6/h7-14,17-18,23H,15-16H2,1-6H3,(H,34,39)(H,32,33,35,38)/t23-/m1/s1. The van der Waals surface area contributed by atoms with Gasteiger partial charge < -0.3 is 25.2 Å². The van der Waals surface area contributed by atoms with Gasteiger partial charge in [-0.2, -0.15) is 0 Å². The number of nitrogens with one attached hydrogen (secondary N) is 2. The van der Waals surface area contributed by atoms with E-state index in [2.05, 4.69) is 20.6 Å². The summed E-state index contributed by atoms with van der Waals surface area (Å²) in [4.78, 5) is 50.9. The fourth-order valence-electron chi connectivity index (χ4n) is 4.53. The molecule has 2 aromatic carbocycles. The molecule has 1 aliphatic rings. The molecule has 1 aliphatic heterocycles. The Hall–Kier alpha value is -4.18. The predicted molar refractivity (Wildman–Crippen MR) is 160 cm³/mol. The molecule has 0 saturated carbocycles.